The summed E-state index contributed by atoms with van der Waals surface area (Å²) in [4.78, 5) is 16.6. The van der Waals surface area contributed by atoms with Crippen molar-refractivity contribution in [2.45, 2.75) is 32.2 Å². The molecular formula is C19H26N6O3. The van der Waals surface area contributed by atoms with Crippen molar-refractivity contribution in [2.24, 2.45) is 0 Å². The molecule has 9 heteroatoms. The summed E-state index contributed by atoms with van der Waals surface area (Å²) in [6.07, 6.45) is 0.938. The number of hydrogen-bond acceptors (Lipinski definition) is 7. The Morgan fingerprint density at radius 1 is 1.29 bits per heavy atom. The highest BCUT2D eigenvalue weighted by molar-refractivity contribution is 5.75. The van der Waals surface area contributed by atoms with Crippen molar-refractivity contribution in [2.75, 3.05) is 40.0 Å². The molecule has 3 heterocycles. The SMILES string of the molecule is CN(CC1COCCO1)C(=O)Cn1nnnc1CN1CCc2ccccc2C1. The van der Waals surface area contributed by atoms with Gasteiger partial charge in [0.15, 0.2) is 5.82 Å². The molecule has 9 nitrogen and oxygen atoms in total. The summed E-state index contributed by atoms with van der Waals surface area (Å²) in [5.41, 5.74) is 2.75. The third-order valence-corrected chi connectivity index (χ3v) is 5.25. The normalized spacial score (nSPS) is 20.0. The number of benzene rings is 1. The summed E-state index contributed by atoms with van der Waals surface area (Å²) in [7, 11) is 1.77. The van der Waals surface area contributed by atoms with Crippen LogP contribution in [0.1, 0.15) is 17.0 Å². The Morgan fingerprint density at radius 3 is 2.96 bits per heavy atom. The summed E-state index contributed by atoms with van der Waals surface area (Å²) < 4.78 is 12.6. The van der Waals surface area contributed by atoms with Gasteiger partial charge in [0.2, 0.25) is 5.91 Å². The first-order valence-electron chi connectivity index (χ1n) is 9.66. The van der Waals surface area contributed by atoms with Crippen molar-refractivity contribution < 1.29 is 14.3 Å². The fraction of sp³-hybridized carbons (Fsp3) is 0.579. The third-order valence-electron chi connectivity index (χ3n) is 5.25. The quantitative estimate of drug-likeness (QED) is 0.696. The fourth-order valence-electron chi connectivity index (χ4n) is 3.65. The van der Waals surface area contributed by atoms with Crippen LogP contribution >= 0.6 is 0 Å². The molecule has 0 spiro atoms. The van der Waals surface area contributed by atoms with E-state index in [9.17, 15) is 4.79 Å². The zero-order chi connectivity index (χ0) is 19.3. The molecule has 150 valence electrons. The first-order chi connectivity index (χ1) is 13.7. The van der Waals surface area contributed by atoms with Gasteiger partial charge >= 0.3 is 0 Å². The maximum Gasteiger partial charge on any atom is 0.244 e. The average Bonchev–Trinajstić information content (AvgIpc) is 3.15. The molecule has 2 aliphatic heterocycles. The molecule has 1 fully saturated rings. The molecular weight excluding hydrogens is 360 g/mol. The van der Waals surface area contributed by atoms with Crippen molar-refractivity contribution in [3.05, 3.63) is 41.2 Å². The predicted molar refractivity (Wildman–Crippen MR) is 100 cm³/mol. The minimum Gasteiger partial charge on any atom is -0.376 e. The van der Waals surface area contributed by atoms with Crippen LogP contribution in [0, 0.1) is 0 Å². The smallest absolute Gasteiger partial charge is 0.244 e. The highest BCUT2D eigenvalue weighted by Crippen LogP contribution is 2.19. The van der Waals surface area contributed by atoms with Gasteiger partial charge in [-0.2, -0.15) is 0 Å². The van der Waals surface area contributed by atoms with Gasteiger partial charge in [0, 0.05) is 26.7 Å². The van der Waals surface area contributed by atoms with Crippen LogP contribution in [0.3, 0.4) is 0 Å². The van der Waals surface area contributed by atoms with E-state index in [0.29, 0.717) is 38.7 Å². The van der Waals surface area contributed by atoms with E-state index in [1.165, 1.54) is 11.1 Å². The van der Waals surface area contributed by atoms with Crippen molar-refractivity contribution in [3.63, 3.8) is 0 Å². The van der Waals surface area contributed by atoms with E-state index in [0.717, 1.165) is 19.5 Å². The Bertz CT molecular complexity index is 804. The molecule has 1 aromatic heterocycles. The van der Waals surface area contributed by atoms with Gasteiger partial charge < -0.3 is 14.4 Å². The van der Waals surface area contributed by atoms with E-state index in [-0.39, 0.29) is 18.6 Å². The zero-order valence-electron chi connectivity index (χ0n) is 16.2. The minimum atomic E-state index is -0.0792. The predicted octanol–water partition coefficient (Wildman–Crippen LogP) is 0.105. The lowest BCUT2D eigenvalue weighted by molar-refractivity contribution is -0.137. The molecule has 1 amide bonds. The van der Waals surface area contributed by atoms with Crippen LogP contribution in [0.2, 0.25) is 0 Å². The lowest BCUT2D eigenvalue weighted by Crippen LogP contribution is -2.42. The van der Waals surface area contributed by atoms with Gasteiger partial charge in [-0.1, -0.05) is 24.3 Å². The Hall–Kier alpha value is -2.36. The summed E-state index contributed by atoms with van der Waals surface area (Å²) >= 11 is 0. The van der Waals surface area contributed by atoms with E-state index < -0.39 is 0 Å². The van der Waals surface area contributed by atoms with Gasteiger partial charge in [0.1, 0.15) is 6.54 Å². The lowest BCUT2D eigenvalue weighted by atomic mass is 10.00. The van der Waals surface area contributed by atoms with Crippen LogP contribution in [0.25, 0.3) is 0 Å². The third kappa shape index (κ3) is 4.54. The van der Waals surface area contributed by atoms with E-state index in [1.807, 2.05) is 0 Å². The number of carbonyl (C=O) groups is 1. The number of amides is 1. The Balaban J connectivity index is 1.33. The first-order valence-corrected chi connectivity index (χ1v) is 9.66. The molecule has 1 unspecified atom stereocenters. The van der Waals surface area contributed by atoms with Crippen LogP contribution in [-0.2, 0) is 40.3 Å². The molecule has 0 N–H and O–H groups in total. The van der Waals surface area contributed by atoms with Crippen molar-refractivity contribution in [1.29, 1.82) is 0 Å². The van der Waals surface area contributed by atoms with Gasteiger partial charge in [-0.15, -0.1) is 5.10 Å². The largest absolute Gasteiger partial charge is 0.376 e. The van der Waals surface area contributed by atoms with Gasteiger partial charge in [-0.05, 0) is 28.0 Å². The molecule has 0 aliphatic carbocycles. The molecule has 1 saturated heterocycles. The molecule has 28 heavy (non-hydrogen) atoms. The van der Waals surface area contributed by atoms with Crippen molar-refractivity contribution >= 4 is 5.91 Å². The summed E-state index contributed by atoms with van der Waals surface area (Å²) in [6, 6.07) is 8.51. The number of carbonyl (C=O) groups excluding carboxylic acids is 1. The molecule has 0 radical (unpaired) electrons. The fourth-order valence-corrected chi connectivity index (χ4v) is 3.65. The Labute approximate surface area is 164 Å². The number of nitrogens with zero attached hydrogens (tertiary/aromatic N) is 6. The summed E-state index contributed by atoms with van der Waals surface area (Å²) in [5.74, 6) is 0.657. The minimum absolute atomic E-state index is 0.0493. The summed E-state index contributed by atoms with van der Waals surface area (Å²) in [6.45, 7) is 4.77. The van der Waals surface area contributed by atoms with E-state index in [4.69, 9.17) is 9.47 Å². The number of fused-ring (bicyclic) bond motifs is 1. The van der Waals surface area contributed by atoms with Crippen LogP contribution in [-0.4, -0.2) is 82.0 Å². The average molecular weight is 386 g/mol. The number of ether oxygens (including phenoxy) is 2. The van der Waals surface area contributed by atoms with Crippen LogP contribution in [0.4, 0.5) is 0 Å². The number of aromatic nitrogens is 4. The zero-order valence-corrected chi connectivity index (χ0v) is 16.2. The molecule has 2 aliphatic rings. The molecule has 4 rings (SSSR count). The topological polar surface area (TPSA) is 85.6 Å². The van der Waals surface area contributed by atoms with Crippen LogP contribution in [0.15, 0.2) is 24.3 Å². The highest BCUT2D eigenvalue weighted by atomic mass is 16.6. The molecule has 1 atom stereocenters. The second-order valence-corrected chi connectivity index (χ2v) is 7.32. The standard InChI is InChI=1S/C19H26N6O3/c1-23(11-17-14-27-8-9-28-17)19(26)13-25-18(20-21-22-25)12-24-7-6-15-4-2-3-5-16(15)10-24/h2-5,17H,6-14H2,1H3. The van der Waals surface area contributed by atoms with Gasteiger partial charge in [-0.3, -0.25) is 9.69 Å². The highest BCUT2D eigenvalue weighted by Gasteiger charge is 2.22. The first kappa shape index (κ1) is 19.0. The number of hydrogen-bond donors (Lipinski definition) is 0. The Morgan fingerprint density at radius 2 is 2.14 bits per heavy atom. The van der Waals surface area contributed by atoms with Crippen molar-refractivity contribution in [3.8, 4) is 0 Å². The molecule has 1 aromatic carbocycles. The van der Waals surface area contributed by atoms with E-state index in [2.05, 4.69) is 44.7 Å². The van der Waals surface area contributed by atoms with Gasteiger partial charge in [-0.25, -0.2) is 4.68 Å². The molecule has 0 saturated carbocycles. The monoisotopic (exact) mass is 386 g/mol. The van der Waals surface area contributed by atoms with Crippen molar-refractivity contribution in [1.82, 2.24) is 30.0 Å². The number of tetrazole rings is 1. The van der Waals surface area contributed by atoms with Gasteiger partial charge in [0.25, 0.3) is 0 Å². The maximum absolute atomic E-state index is 12.6. The lowest BCUT2D eigenvalue weighted by Gasteiger charge is -2.28. The maximum atomic E-state index is 12.6. The molecule has 0 bridgehead atoms. The molecule has 2 aromatic rings. The summed E-state index contributed by atoms with van der Waals surface area (Å²) in [5, 5.41) is 11.9. The Kier molecular flexibility index (Phi) is 5.94. The number of likely N-dealkylation sites (N-methyl/N-ethyl adjacent to an activating group) is 1. The van der Waals surface area contributed by atoms with Crippen LogP contribution < -0.4 is 0 Å². The second kappa shape index (κ2) is 8.76. The van der Waals surface area contributed by atoms with E-state index >= 15 is 0 Å². The van der Waals surface area contributed by atoms with Gasteiger partial charge in [0.05, 0.1) is 32.5 Å². The van der Waals surface area contributed by atoms with Crippen LogP contribution in [0.5, 0.6) is 0 Å². The van der Waals surface area contributed by atoms with E-state index in [1.54, 1.807) is 16.6 Å². The number of rotatable bonds is 6. The second-order valence-electron chi connectivity index (χ2n) is 7.32.